The summed E-state index contributed by atoms with van der Waals surface area (Å²) in [7, 11) is 2.00. The Morgan fingerprint density at radius 1 is 0.292 bits per heavy atom. The van der Waals surface area contributed by atoms with Crippen LogP contribution in [0.5, 0.6) is 0 Å². The molecule has 0 fully saturated rings. The minimum atomic E-state index is -0.167. The van der Waals surface area contributed by atoms with Gasteiger partial charge in [-0.1, -0.05) is 54.4 Å². The quantitative estimate of drug-likeness (QED) is 0.0804. The summed E-state index contributed by atoms with van der Waals surface area (Å²) in [5.74, 6) is 0. The monoisotopic (exact) mass is 1210 g/mol. The molecule has 0 aliphatic rings. The molecule has 0 spiro atoms. The van der Waals surface area contributed by atoms with Crippen LogP contribution >= 0.6 is 0 Å². The minimum Gasteiger partial charge on any atom is -0.400 e. The first kappa shape index (κ1) is 220. The van der Waals surface area contributed by atoms with Crippen molar-refractivity contribution in [3.8, 4) is 0 Å². The van der Waals surface area contributed by atoms with Gasteiger partial charge in [-0.3, -0.25) is 0 Å². The predicted molar refractivity (Wildman–Crippen MR) is 276 cm³/mol. The van der Waals surface area contributed by atoms with E-state index in [2.05, 4.69) is 13.8 Å². The molecule has 12 N–H and O–H groups in total. The Balaban J connectivity index is -0.00000000656. The van der Waals surface area contributed by atoms with Gasteiger partial charge in [0.05, 0.1) is 12.2 Å². The molecule has 12 nitrogen and oxygen atoms in total. The molecule has 0 rings (SSSR count). The topological polar surface area (TPSA) is 243 Å². The summed E-state index contributed by atoms with van der Waals surface area (Å²) in [6.07, 6.45) is 6.98. The Morgan fingerprint density at radius 3 is 0.369 bits per heavy atom. The second kappa shape index (κ2) is 335. The molecule has 0 radical (unpaired) electrons. The summed E-state index contributed by atoms with van der Waals surface area (Å²) in [5, 5.41) is 93.9. The van der Waals surface area contributed by atoms with E-state index >= 15 is 0 Å². The molecule has 0 heterocycles. The van der Waals surface area contributed by atoms with E-state index in [1.807, 2.05) is 27.7 Å². The van der Waals surface area contributed by atoms with Crippen LogP contribution in [0.1, 0.15) is 148 Å². The molecule has 2 atom stereocenters. The third kappa shape index (κ3) is 1440. The van der Waals surface area contributed by atoms with Gasteiger partial charge in [-0.15, -0.1) is 0 Å². The standard InChI is InChI=1S/4C4H10O.4C3H8O.2C2H6O.2CH4O.12CH3.7Ti/c2*1-3-4(2)5;2*1-2-3-4-5;2*1-3(2)4;2*1-2-3-4;2*1-2-3;2*1-2;;;;;;;;;;;;;;;;;;;/h2*4-5H,3H2,1-2H3;2*5H,2-4H2,1H3;2*3-4H,1-2H3;2*4H,2-3H2,1H3;2*3H,2H2,1H3;2*2H,1H3;12*1H3;;;;;;;/q;;;;;;;;;;;;12*-1;;6*+2. The smallest absolute Gasteiger partial charge is 0.400 e. The van der Waals surface area contributed by atoms with Crippen molar-refractivity contribution in [2.75, 3.05) is 53.9 Å². The van der Waals surface area contributed by atoms with Crippen LogP contribution in [0.4, 0.5) is 0 Å². The van der Waals surface area contributed by atoms with Crippen LogP contribution in [-0.4, -0.2) is 140 Å². The average molecular weight is 1210 g/mol. The molecule has 0 bridgehead atoms. The largest absolute Gasteiger partial charge is 2.00 e. The first-order chi connectivity index (χ1) is 21.5. The number of aliphatic hydroxyl groups excluding tert-OH is 12. The summed E-state index contributed by atoms with van der Waals surface area (Å²) >= 11 is 0. The van der Waals surface area contributed by atoms with E-state index < -0.39 is 0 Å². The molecule has 0 amide bonds. The van der Waals surface area contributed by atoms with E-state index in [1.165, 1.54) is 0 Å². The van der Waals surface area contributed by atoms with E-state index in [0.717, 1.165) is 65.6 Å². The van der Waals surface area contributed by atoms with E-state index in [9.17, 15) is 0 Å². The number of aliphatic hydroxyl groups is 12. The fourth-order valence-corrected chi connectivity index (χ4v) is 0.316. The molecule has 0 saturated carbocycles. The van der Waals surface area contributed by atoms with E-state index in [-0.39, 0.29) is 279 Å². The van der Waals surface area contributed by atoms with E-state index in [1.54, 1.807) is 55.4 Å². The molecule has 65 heavy (non-hydrogen) atoms. The van der Waals surface area contributed by atoms with Crippen molar-refractivity contribution in [2.45, 2.75) is 173 Å². The first-order valence-corrected chi connectivity index (χ1v) is 16.8. The predicted octanol–water partition coefficient (Wildman–Crippen LogP) is 9.26. The Hall–Kier alpha value is 4.52. The second-order valence-corrected chi connectivity index (χ2v) is 8.94. The Morgan fingerprint density at radius 2 is 0.369 bits per heavy atom. The fourth-order valence-electron chi connectivity index (χ4n) is 0.316. The second-order valence-electron chi connectivity index (χ2n) is 8.94. The molecule has 0 aromatic heterocycles. The first-order valence-electron chi connectivity index (χ1n) is 16.8. The number of hydrogen-bond donors (Lipinski definition) is 12. The molecule has 0 saturated heterocycles. The van der Waals surface area contributed by atoms with Crippen molar-refractivity contribution in [3.05, 3.63) is 89.1 Å². The maximum atomic E-state index is 8.36. The molecule has 0 aromatic rings. The summed E-state index contributed by atoms with van der Waals surface area (Å²) in [4.78, 5) is 0. The van der Waals surface area contributed by atoms with Crippen molar-refractivity contribution in [3.63, 3.8) is 0 Å². The zero-order valence-corrected chi connectivity index (χ0v) is 60.0. The van der Waals surface area contributed by atoms with Crippen LogP contribution in [0.3, 0.4) is 0 Å². The van der Waals surface area contributed by atoms with Gasteiger partial charge in [0.1, 0.15) is 0 Å². The third-order valence-corrected chi connectivity index (χ3v) is 2.65. The molecule has 0 aliphatic carbocycles. The van der Waals surface area contributed by atoms with Crippen LogP contribution in [0.25, 0.3) is 0 Å². The van der Waals surface area contributed by atoms with Gasteiger partial charge in [0.25, 0.3) is 0 Å². The molecule has 0 aromatic carbocycles. The molecule has 412 valence electrons. The van der Waals surface area contributed by atoms with Crippen molar-refractivity contribution in [1.29, 1.82) is 0 Å². The Bertz CT molecular complexity index is 272. The normalized spacial score (nSPS) is 6.37. The van der Waals surface area contributed by atoms with Gasteiger partial charge >= 0.3 is 130 Å². The van der Waals surface area contributed by atoms with Crippen molar-refractivity contribution < 1.29 is 213 Å². The van der Waals surface area contributed by atoms with Gasteiger partial charge in [0.2, 0.25) is 0 Å². The zero-order valence-electron chi connectivity index (χ0n) is 49.1. The van der Waals surface area contributed by atoms with Gasteiger partial charge in [-0.05, 0) is 93.9 Å². The van der Waals surface area contributed by atoms with Gasteiger partial charge in [0, 0.05) is 87.8 Å². The van der Waals surface area contributed by atoms with Crippen molar-refractivity contribution in [2.24, 2.45) is 0 Å². The van der Waals surface area contributed by atoms with Crippen LogP contribution in [0.15, 0.2) is 0 Å². The maximum Gasteiger partial charge on any atom is 2.00 e. The van der Waals surface area contributed by atoms with E-state index in [0.29, 0.717) is 26.4 Å². The molecule has 0 aliphatic heterocycles. The molecule has 2 unspecified atom stereocenters. The maximum absolute atomic E-state index is 8.36. The van der Waals surface area contributed by atoms with Gasteiger partial charge in [0.15, 0.2) is 0 Å². The fraction of sp³-hybridized carbons (Fsp3) is 0.739. The summed E-state index contributed by atoms with van der Waals surface area (Å²) in [6, 6.07) is 0. The molecular formula is C46H128O12Ti7. The summed E-state index contributed by atoms with van der Waals surface area (Å²) in [6.45, 7) is 27.5. The van der Waals surface area contributed by atoms with Gasteiger partial charge in [-0.2, -0.15) is 0 Å². The summed E-state index contributed by atoms with van der Waals surface area (Å²) in [5.41, 5.74) is 0. The molecule has 19 heteroatoms. The van der Waals surface area contributed by atoms with Crippen molar-refractivity contribution >= 4 is 0 Å². The van der Waals surface area contributed by atoms with E-state index in [4.69, 9.17) is 61.3 Å². The van der Waals surface area contributed by atoms with Gasteiger partial charge in [-0.25, -0.2) is 0 Å². The average Bonchev–Trinajstić information content (AvgIpc) is 3.01. The van der Waals surface area contributed by atoms with Crippen LogP contribution in [0.2, 0.25) is 0 Å². The zero-order chi connectivity index (χ0) is 40.2. The molecular weight excluding hydrogens is 1080 g/mol. The van der Waals surface area contributed by atoms with Crippen molar-refractivity contribution in [1.82, 2.24) is 0 Å². The van der Waals surface area contributed by atoms with Crippen LogP contribution in [0, 0.1) is 89.1 Å². The van der Waals surface area contributed by atoms with Crippen LogP contribution < -0.4 is 0 Å². The Labute approximate surface area is 523 Å². The van der Waals surface area contributed by atoms with Gasteiger partial charge < -0.3 is 150 Å². The number of unbranched alkanes of at least 4 members (excludes halogenated alkanes) is 2. The SMILES string of the molecule is CC(C)O.CC(C)O.CCC(C)O.CCC(C)O.CCCCO.CCCCO.CCCO.CCCO.CCO.CCO.CO.CO.[CH3-].[CH3-].[CH3-].[CH3-].[CH3-].[CH3-].[CH3-].[CH3-].[CH3-].[CH3-].[CH3-].[CH3-].[Ti+2].[Ti+2].[Ti+2].[Ti+2].[Ti+2].[Ti+2].[Ti]. The van der Waals surface area contributed by atoms with Crippen LogP contribution in [-0.2, 0) is 152 Å². The number of rotatable bonds is 8. The minimum absolute atomic E-state index is 0. The summed E-state index contributed by atoms with van der Waals surface area (Å²) < 4.78 is 0. The Kier molecular flexibility index (Phi) is 1130. The third-order valence-electron chi connectivity index (χ3n) is 2.65. The number of hydrogen-bond acceptors (Lipinski definition) is 12.